The lowest BCUT2D eigenvalue weighted by Crippen LogP contribution is -2.52. The summed E-state index contributed by atoms with van der Waals surface area (Å²) < 4.78 is 0. The Labute approximate surface area is 90.6 Å². The summed E-state index contributed by atoms with van der Waals surface area (Å²) in [5.41, 5.74) is 0. The van der Waals surface area contributed by atoms with Gasteiger partial charge in [0.1, 0.15) is 0 Å². The van der Waals surface area contributed by atoms with Crippen molar-refractivity contribution in [3.8, 4) is 0 Å². The molecule has 0 atom stereocenters. The fraction of sp³-hybridized carbons (Fsp3) is 0.778. The third-order valence-corrected chi connectivity index (χ3v) is 1.89. The SMILES string of the molecule is CCCNC(=O)N(C)N(C)C(=O)NCC. The van der Waals surface area contributed by atoms with Crippen LogP contribution in [0.1, 0.15) is 20.3 Å². The Morgan fingerprint density at radius 2 is 1.47 bits per heavy atom. The Hall–Kier alpha value is -1.46. The average Bonchev–Trinajstić information content (AvgIpc) is 2.24. The van der Waals surface area contributed by atoms with E-state index in [1.165, 1.54) is 17.1 Å². The van der Waals surface area contributed by atoms with Gasteiger partial charge in [0.05, 0.1) is 0 Å². The van der Waals surface area contributed by atoms with Crippen LogP contribution in [0.4, 0.5) is 9.59 Å². The van der Waals surface area contributed by atoms with Crippen molar-refractivity contribution in [1.82, 2.24) is 20.7 Å². The molecule has 0 radical (unpaired) electrons. The van der Waals surface area contributed by atoms with Crippen LogP contribution in [0.15, 0.2) is 0 Å². The zero-order valence-corrected chi connectivity index (χ0v) is 9.83. The minimum absolute atomic E-state index is 0.286. The number of rotatable bonds is 3. The van der Waals surface area contributed by atoms with Gasteiger partial charge in [0.2, 0.25) is 0 Å². The van der Waals surface area contributed by atoms with E-state index in [9.17, 15) is 9.59 Å². The van der Waals surface area contributed by atoms with E-state index in [1.54, 1.807) is 7.05 Å². The first-order valence-corrected chi connectivity index (χ1v) is 5.07. The third-order valence-electron chi connectivity index (χ3n) is 1.89. The van der Waals surface area contributed by atoms with Crippen molar-refractivity contribution in [2.45, 2.75) is 20.3 Å². The molecule has 0 bridgehead atoms. The average molecular weight is 216 g/mol. The molecule has 88 valence electrons. The van der Waals surface area contributed by atoms with Crippen LogP contribution in [0.5, 0.6) is 0 Å². The fourth-order valence-corrected chi connectivity index (χ4v) is 0.884. The van der Waals surface area contributed by atoms with Crippen LogP contribution >= 0.6 is 0 Å². The second kappa shape index (κ2) is 6.92. The lowest BCUT2D eigenvalue weighted by atomic mass is 10.5. The summed E-state index contributed by atoms with van der Waals surface area (Å²) in [5, 5.41) is 7.75. The summed E-state index contributed by atoms with van der Waals surface area (Å²) in [4.78, 5) is 22.8. The van der Waals surface area contributed by atoms with E-state index in [0.29, 0.717) is 13.1 Å². The molecule has 0 saturated carbocycles. The van der Waals surface area contributed by atoms with Crippen LogP contribution in [-0.2, 0) is 0 Å². The number of carbonyl (C=O) groups excluding carboxylic acids is 2. The quantitative estimate of drug-likeness (QED) is 0.679. The van der Waals surface area contributed by atoms with Gasteiger partial charge in [-0.2, -0.15) is 0 Å². The zero-order valence-electron chi connectivity index (χ0n) is 9.83. The Kier molecular flexibility index (Phi) is 6.24. The van der Waals surface area contributed by atoms with Crippen molar-refractivity contribution in [2.24, 2.45) is 0 Å². The molecular weight excluding hydrogens is 196 g/mol. The molecule has 0 unspecified atom stereocenters. The van der Waals surface area contributed by atoms with E-state index in [2.05, 4.69) is 10.6 Å². The van der Waals surface area contributed by atoms with Gasteiger partial charge in [-0.1, -0.05) is 6.92 Å². The molecule has 0 aliphatic rings. The Bertz CT molecular complexity index is 220. The van der Waals surface area contributed by atoms with Crippen LogP contribution in [-0.4, -0.2) is 49.3 Å². The molecule has 0 aromatic carbocycles. The second-order valence-corrected chi connectivity index (χ2v) is 3.11. The number of carbonyl (C=O) groups is 2. The Balaban J connectivity index is 4.11. The highest BCUT2D eigenvalue weighted by atomic mass is 16.2. The van der Waals surface area contributed by atoms with Gasteiger partial charge < -0.3 is 10.6 Å². The molecule has 0 heterocycles. The molecule has 4 amide bonds. The lowest BCUT2D eigenvalue weighted by Gasteiger charge is -2.28. The molecule has 6 heteroatoms. The smallest absolute Gasteiger partial charge is 0.336 e. The minimum Gasteiger partial charge on any atom is -0.337 e. The van der Waals surface area contributed by atoms with E-state index in [1.807, 2.05) is 13.8 Å². The number of hydrogen-bond acceptors (Lipinski definition) is 2. The normalized spacial score (nSPS) is 9.33. The summed E-state index contributed by atoms with van der Waals surface area (Å²) >= 11 is 0. The maximum Gasteiger partial charge on any atom is 0.336 e. The van der Waals surface area contributed by atoms with Gasteiger partial charge in [0.15, 0.2) is 0 Å². The summed E-state index contributed by atoms with van der Waals surface area (Å²) in [6, 6.07) is -0.586. The van der Waals surface area contributed by atoms with Crippen molar-refractivity contribution in [1.29, 1.82) is 0 Å². The summed E-state index contributed by atoms with van der Waals surface area (Å²) in [6.07, 6.45) is 0.866. The number of nitrogens with zero attached hydrogens (tertiary/aromatic N) is 2. The number of hydrazine groups is 1. The highest BCUT2D eigenvalue weighted by Gasteiger charge is 2.17. The molecule has 0 fully saturated rings. The minimum atomic E-state index is -0.299. The first kappa shape index (κ1) is 13.5. The Morgan fingerprint density at radius 3 is 1.87 bits per heavy atom. The van der Waals surface area contributed by atoms with Crippen molar-refractivity contribution in [2.75, 3.05) is 27.2 Å². The molecule has 0 aliphatic heterocycles. The van der Waals surface area contributed by atoms with Crippen LogP contribution in [0, 0.1) is 0 Å². The topological polar surface area (TPSA) is 64.7 Å². The van der Waals surface area contributed by atoms with E-state index >= 15 is 0 Å². The summed E-state index contributed by atoms with van der Waals surface area (Å²) in [7, 11) is 3.08. The largest absolute Gasteiger partial charge is 0.337 e. The van der Waals surface area contributed by atoms with Crippen LogP contribution < -0.4 is 10.6 Å². The van der Waals surface area contributed by atoms with Crippen molar-refractivity contribution >= 4 is 12.1 Å². The highest BCUT2D eigenvalue weighted by Crippen LogP contribution is 1.92. The maximum absolute atomic E-state index is 11.4. The molecule has 0 aliphatic carbocycles. The first-order valence-electron chi connectivity index (χ1n) is 5.07. The third kappa shape index (κ3) is 4.53. The van der Waals surface area contributed by atoms with Crippen molar-refractivity contribution in [3.63, 3.8) is 0 Å². The molecule has 0 aromatic heterocycles. The van der Waals surface area contributed by atoms with Crippen LogP contribution in [0.2, 0.25) is 0 Å². The van der Waals surface area contributed by atoms with Gasteiger partial charge in [-0.3, -0.25) is 0 Å². The summed E-state index contributed by atoms with van der Waals surface area (Å²) in [6.45, 7) is 4.93. The predicted molar refractivity (Wildman–Crippen MR) is 58.3 cm³/mol. The molecule has 15 heavy (non-hydrogen) atoms. The lowest BCUT2D eigenvalue weighted by molar-refractivity contribution is 0.0875. The molecule has 2 N–H and O–H groups in total. The standard InChI is InChI=1S/C9H20N4O2/c1-5-7-11-9(15)13(4)12(3)8(14)10-6-2/h5-7H2,1-4H3,(H,10,14)(H,11,15). The predicted octanol–water partition coefficient (Wildman–Crippen LogP) is 0.614. The highest BCUT2D eigenvalue weighted by molar-refractivity contribution is 5.79. The molecule has 6 nitrogen and oxygen atoms in total. The van der Waals surface area contributed by atoms with Gasteiger partial charge in [0.25, 0.3) is 0 Å². The van der Waals surface area contributed by atoms with E-state index in [4.69, 9.17) is 0 Å². The van der Waals surface area contributed by atoms with Crippen LogP contribution in [0.25, 0.3) is 0 Å². The van der Waals surface area contributed by atoms with E-state index in [-0.39, 0.29) is 12.1 Å². The van der Waals surface area contributed by atoms with Gasteiger partial charge in [-0.05, 0) is 13.3 Å². The Morgan fingerprint density at radius 1 is 1.00 bits per heavy atom. The van der Waals surface area contributed by atoms with Gasteiger partial charge in [-0.15, -0.1) is 0 Å². The summed E-state index contributed by atoms with van der Waals surface area (Å²) in [5.74, 6) is 0. The molecule has 0 aromatic rings. The molecule has 0 rings (SSSR count). The van der Waals surface area contributed by atoms with Gasteiger partial charge in [-0.25, -0.2) is 19.6 Å². The van der Waals surface area contributed by atoms with Gasteiger partial charge in [0, 0.05) is 27.2 Å². The molecule has 0 saturated heterocycles. The van der Waals surface area contributed by atoms with E-state index in [0.717, 1.165) is 6.42 Å². The van der Waals surface area contributed by atoms with Crippen LogP contribution in [0.3, 0.4) is 0 Å². The monoisotopic (exact) mass is 216 g/mol. The number of urea groups is 2. The van der Waals surface area contributed by atoms with E-state index < -0.39 is 0 Å². The number of amides is 4. The van der Waals surface area contributed by atoms with Crippen molar-refractivity contribution < 1.29 is 9.59 Å². The fourth-order valence-electron chi connectivity index (χ4n) is 0.884. The second-order valence-electron chi connectivity index (χ2n) is 3.11. The van der Waals surface area contributed by atoms with Gasteiger partial charge >= 0.3 is 12.1 Å². The number of nitrogens with one attached hydrogen (secondary N) is 2. The van der Waals surface area contributed by atoms with Crippen molar-refractivity contribution in [3.05, 3.63) is 0 Å². The first-order chi connectivity index (χ1) is 7.04. The zero-order chi connectivity index (χ0) is 11.8. The molecule has 0 spiro atoms. The molecular formula is C9H20N4O2. The number of hydrogen-bond donors (Lipinski definition) is 2. The maximum atomic E-state index is 11.4.